The summed E-state index contributed by atoms with van der Waals surface area (Å²) >= 11 is 0. The van der Waals surface area contributed by atoms with Gasteiger partial charge < -0.3 is 9.80 Å². The Labute approximate surface area is 120 Å². The Kier molecular flexibility index (Phi) is 4.47. The van der Waals surface area contributed by atoms with Crippen molar-refractivity contribution >= 4 is 11.9 Å². The van der Waals surface area contributed by atoms with Gasteiger partial charge in [0.15, 0.2) is 0 Å². The van der Waals surface area contributed by atoms with Crippen LogP contribution in [0.5, 0.6) is 0 Å². The predicted octanol–water partition coefficient (Wildman–Crippen LogP) is 1.74. The van der Waals surface area contributed by atoms with Crippen LogP contribution in [0, 0.1) is 0 Å². The Morgan fingerprint density at radius 2 is 1.81 bits per heavy atom. The minimum atomic E-state index is -4.43. The van der Waals surface area contributed by atoms with E-state index >= 15 is 0 Å². The monoisotopic (exact) mass is 300 g/mol. The molecule has 0 saturated carbocycles. The van der Waals surface area contributed by atoms with Gasteiger partial charge in [0.2, 0.25) is 5.95 Å². The second-order valence-corrected chi connectivity index (χ2v) is 4.65. The van der Waals surface area contributed by atoms with Crippen LogP contribution in [0.4, 0.5) is 19.1 Å². The highest BCUT2D eigenvalue weighted by molar-refractivity contribution is 5.51. The van der Waals surface area contributed by atoms with Crippen LogP contribution in [-0.4, -0.2) is 47.0 Å². The zero-order valence-electron chi connectivity index (χ0n) is 11.5. The largest absolute Gasteiger partial charge is 0.419 e. The van der Waals surface area contributed by atoms with Crippen LogP contribution in [0.1, 0.15) is 18.9 Å². The first-order valence-corrected chi connectivity index (χ1v) is 6.58. The lowest BCUT2D eigenvalue weighted by atomic mass is 10.2. The van der Waals surface area contributed by atoms with Gasteiger partial charge in [0, 0.05) is 38.6 Å². The number of halogens is 3. The van der Waals surface area contributed by atoms with E-state index < -0.39 is 11.7 Å². The summed E-state index contributed by atoms with van der Waals surface area (Å²) in [5.41, 5.74) is -0.245. The molecule has 114 valence electrons. The maximum Gasteiger partial charge on any atom is 0.419 e. The summed E-state index contributed by atoms with van der Waals surface area (Å²) in [5.74, 6) is 2.19. The van der Waals surface area contributed by atoms with Crippen molar-refractivity contribution in [3.8, 4) is 0 Å². The molecule has 0 spiro atoms. The Morgan fingerprint density at radius 1 is 1.24 bits per heavy atom. The lowest BCUT2D eigenvalue weighted by Crippen LogP contribution is -2.46. The van der Waals surface area contributed by atoms with E-state index in [-0.39, 0.29) is 5.95 Å². The molecule has 1 aliphatic heterocycles. The number of allylic oxidation sites excluding steroid dienone is 1. The molecule has 2 rings (SSSR count). The van der Waals surface area contributed by atoms with E-state index in [9.17, 15) is 18.0 Å². The third kappa shape index (κ3) is 3.52. The molecule has 0 aromatic carbocycles. The summed E-state index contributed by atoms with van der Waals surface area (Å²) in [7, 11) is 0. The van der Waals surface area contributed by atoms with Crippen LogP contribution in [0.2, 0.25) is 0 Å². The molecule has 21 heavy (non-hydrogen) atoms. The van der Waals surface area contributed by atoms with Crippen LogP contribution < -0.4 is 4.90 Å². The van der Waals surface area contributed by atoms with Gasteiger partial charge in [0.25, 0.3) is 0 Å². The average molecular weight is 300 g/mol. The first-order chi connectivity index (χ1) is 9.95. The second kappa shape index (κ2) is 6.13. The first-order valence-electron chi connectivity index (χ1n) is 6.58. The van der Waals surface area contributed by atoms with E-state index in [0.717, 1.165) is 12.4 Å². The molecule has 0 bridgehead atoms. The Bertz CT molecular complexity index is 529. The van der Waals surface area contributed by atoms with E-state index in [1.807, 2.05) is 17.8 Å². The number of alkyl halides is 3. The van der Waals surface area contributed by atoms with E-state index in [2.05, 4.69) is 9.97 Å². The number of carbonyl (C=O) groups excluding carboxylic acids is 1. The number of piperazine rings is 1. The van der Waals surface area contributed by atoms with Crippen LogP contribution in [-0.2, 0) is 11.0 Å². The van der Waals surface area contributed by atoms with E-state index in [0.29, 0.717) is 38.3 Å². The Hall–Kier alpha value is -2.08. The number of rotatable bonds is 3. The Morgan fingerprint density at radius 3 is 2.24 bits per heavy atom. The highest BCUT2D eigenvalue weighted by atomic mass is 19.4. The van der Waals surface area contributed by atoms with Crippen LogP contribution in [0.25, 0.3) is 0 Å². The molecule has 1 aliphatic rings. The molecule has 0 atom stereocenters. The lowest BCUT2D eigenvalue weighted by Gasteiger charge is -2.35. The highest BCUT2D eigenvalue weighted by Crippen LogP contribution is 2.28. The molecule has 5 nitrogen and oxygen atoms in total. The summed E-state index contributed by atoms with van der Waals surface area (Å²) in [6.07, 6.45) is -2.24. The molecule has 0 amide bonds. The zero-order valence-corrected chi connectivity index (χ0v) is 11.5. The van der Waals surface area contributed by atoms with Gasteiger partial charge in [-0.3, -0.25) is 0 Å². The van der Waals surface area contributed by atoms with E-state index in [4.69, 9.17) is 0 Å². The standard InChI is InChI=1S/C13H15F3N4O/c1-2-11(9-21)19-3-5-20(6-4-19)12-17-7-10(8-18-12)13(14,15)16/h7-8H,2-6H2,1H3. The second-order valence-electron chi connectivity index (χ2n) is 4.65. The molecule has 1 fully saturated rings. The maximum atomic E-state index is 12.4. The van der Waals surface area contributed by atoms with Gasteiger partial charge in [0.1, 0.15) is 5.94 Å². The van der Waals surface area contributed by atoms with Crippen LogP contribution >= 0.6 is 0 Å². The minimum Gasteiger partial charge on any atom is -0.362 e. The van der Waals surface area contributed by atoms with Crippen molar-refractivity contribution in [2.45, 2.75) is 19.5 Å². The topological polar surface area (TPSA) is 49.3 Å². The summed E-state index contributed by atoms with van der Waals surface area (Å²) in [6, 6.07) is 0. The van der Waals surface area contributed by atoms with Crippen LogP contribution in [0.15, 0.2) is 18.1 Å². The van der Waals surface area contributed by atoms with E-state index in [1.165, 1.54) is 0 Å². The summed E-state index contributed by atoms with van der Waals surface area (Å²) < 4.78 is 37.3. The van der Waals surface area contributed by atoms with Gasteiger partial charge in [-0.15, -0.1) is 0 Å². The SMILES string of the molecule is CCC(=C=O)N1CCN(c2ncc(C(F)(F)F)cn2)CC1. The molecule has 0 unspecified atom stereocenters. The van der Waals surface area contributed by atoms with Crippen molar-refractivity contribution in [1.82, 2.24) is 14.9 Å². The van der Waals surface area contributed by atoms with Gasteiger partial charge in [-0.1, -0.05) is 6.92 Å². The summed E-state index contributed by atoms with van der Waals surface area (Å²) in [5, 5.41) is 0. The Balaban J connectivity index is 2.01. The van der Waals surface area contributed by atoms with Gasteiger partial charge in [-0.2, -0.15) is 13.2 Å². The fourth-order valence-corrected chi connectivity index (χ4v) is 2.17. The highest BCUT2D eigenvalue weighted by Gasteiger charge is 2.31. The molecule has 0 N–H and O–H groups in total. The number of nitrogens with zero attached hydrogens (tertiary/aromatic N) is 4. The van der Waals surface area contributed by atoms with Crippen LogP contribution in [0.3, 0.4) is 0 Å². The average Bonchev–Trinajstić information content (AvgIpc) is 2.48. The van der Waals surface area contributed by atoms with Crippen molar-refractivity contribution in [3.05, 3.63) is 23.7 Å². The minimum absolute atomic E-state index is 0.274. The van der Waals surface area contributed by atoms with Crippen molar-refractivity contribution in [2.24, 2.45) is 0 Å². The fraction of sp³-hybridized carbons (Fsp3) is 0.538. The van der Waals surface area contributed by atoms with Gasteiger partial charge >= 0.3 is 6.18 Å². The molecular formula is C13H15F3N4O. The predicted molar refractivity (Wildman–Crippen MR) is 70.3 cm³/mol. The number of hydrogen-bond donors (Lipinski definition) is 0. The molecular weight excluding hydrogens is 285 g/mol. The quantitative estimate of drug-likeness (QED) is 0.796. The molecule has 0 radical (unpaired) electrons. The normalized spacial score (nSPS) is 15.8. The molecule has 1 aromatic rings. The van der Waals surface area contributed by atoms with Gasteiger partial charge in [0.05, 0.1) is 11.3 Å². The number of hydrogen-bond acceptors (Lipinski definition) is 5. The zero-order chi connectivity index (χ0) is 15.5. The smallest absolute Gasteiger partial charge is 0.362 e. The molecule has 0 aliphatic carbocycles. The fourth-order valence-electron chi connectivity index (χ4n) is 2.17. The van der Waals surface area contributed by atoms with Gasteiger partial charge in [-0.05, 0) is 6.42 Å². The van der Waals surface area contributed by atoms with Crippen molar-refractivity contribution in [3.63, 3.8) is 0 Å². The lowest BCUT2D eigenvalue weighted by molar-refractivity contribution is -0.138. The first kappa shape index (κ1) is 15.3. The van der Waals surface area contributed by atoms with Gasteiger partial charge in [-0.25, -0.2) is 14.8 Å². The summed E-state index contributed by atoms with van der Waals surface area (Å²) in [6.45, 7) is 4.18. The molecule has 8 heteroatoms. The summed E-state index contributed by atoms with van der Waals surface area (Å²) in [4.78, 5) is 22.0. The molecule has 2 heterocycles. The molecule has 1 saturated heterocycles. The number of anilines is 1. The third-order valence-corrected chi connectivity index (χ3v) is 3.36. The maximum absolute atomic E-state index is 12.4. The van der Waals surface area contributed by atoms with E-state index in [1.54, 1.807) is 4.90 Å². The van der Waals surface area contributed by atoms with Crippen molar-refractivity contribution in [1.29, 1.82) is 0 Å². The third-order valence-electron chi connectivity index (χ3n) is 3.36. The van der Waals surface area contributed by atoms with Crippen molar-refractivity contribution in [2.75, 3.05) is 31.1 Å². The molecule has 1 aromatic heterocycles. The van der Waals surface area contributed by atoms with Crippen molar-refractivity contribution < 1.29 is 18.0 Å². The number of aromatic nitrogens is 2.